The van der Waals surface area contributed by atoms with Gasteiger partial charge < -0.3 is 5.11 Å². The molecule has 1 heterocycles. The quantitative estimate of drug-likeness (QED) is 0.664. The first-order valence-electron chi connectivity index (χ1n) is 9.23. The highest BCUT2D eigenvalue weighted by atomic mass is 16.3. The maximum Gasteiger partial charge on any atom is 0.235 e. The van der Waals surface area contributed by atoms with E-state index in [9.17, 15) is 14.7 Å². The summed E-state index contributed by atoms with van der Waals surface area (Å²) in [5.74, 6) is 1.15. The van der Waals surface area contributed by atoms with E-state index in [2.05, 4.69) is 13.5 Å². The highest BCUT2D eigenvalue weighted by Gasteiger charge is 2.56. The minimum absolute atomic E-state index is 0.0106. The Morgan fingerprint density at radius 3 is 2.92 bits per heavy atom. The van der Waals surface area contributed by atoms with E-state index >= 15 is 0 Å². The Bertz CT molecular complexity index is 756. The molecule has 25 heavy (non-hydrogen) atoms. The van der Waals surface area contributed by atoms with E-state index in [1.807, 2.05) is 12.1 Å². The van der Waals surface area contributed by atoms with Crippen LogP contribution in [0.15, 0.2) is 30.9 Å². The molecule has 0 radical (unpaired) electrons. The van der Waals surface area contributed by atoms with E-state index in [1.165, 1.54) is 16.0 Å². The summed E-state index contributed by atoms with van der Waals surface area (Å²) in [6, 6.07) is 5.68. The molecule has 4 heteroatoms. The first kappa shape index (κ1) is 16.4. The van der Waals surface area contributed by atoms with Gasteiger partial charge in [-0.15, -0.1) is 6.58 Å². The van der Waals surface area contributed by atoms with E-state index in [0.717, 1.165) is 25.7 Å². The van der Waals surface area contributed by atoms with Crippen LogP contribution in [0.2, 0.25) is 0 Å². The molecule has 4 rings (SSSR count). The zero-order chi connectivity index (χ0) is 17.8. The third-order valence-electron chi connectivity index (χ3n) is 6.84. The molecule has 1 aromatic carbocycles. The maximum atomic E-state index is 13.1. The van der Waals surface area contributed by atoms with Crippen LogP contribution >= 0.6 is 0 Å². The van der Waals surface area contributed by atoms with Crippen molar-refractivity contribution in [1.29, 1.82) is 0 Å². The largest absolute Gasteiger partial charge is 0.508 e. The van der Waals surface area contributed by atoms with Gasteiger partial charge in [-0.3, -0.25) is 14.5 Å². The number of carbonyl (C=O) groups excluding carboxylic acids is 2. The van der Waals surface area contributed by atoms with Crippen molar-refractivity contribution in [3.8, 4) is 5.75 Å². The number of amides is 2. The fourth-order valence-electron chi connectivity index (χ4n) is 5.56. The number of hydrogen-bond acceptors (Lipinski definition) is 3. The molecule has 2 aliphatic carbocycles. The van der Waals surface area contributed by atoms with E-state index < -0.39 is 5.41 Å². The maximum absolute atomic E-state index is 13.1. The smallest absolute Gasteiger partial charge is 0.235 e. The molecule has 2 fully saturated rings. The molecule has 0 aromatic heterocycles. The van der Waals surface area contributed by atoms with Crippen LogP contribution in [0.1, 0.15) is 49.7 Å². The fraction of sp³-hybridized carbons (Fsp3) is 0.524. The van der Waals surface area contributed by atoms with Crippen LogP contribution in [-0.4, -0.2) is 28.4 Å². The molecule has 1 saturated heterocycles. The van der Waals surface area contributed by atoms with Crippen LogP contribution in [0.4, 0.5) is 0 Å². The van der Waals surface area contributed by atoms with Crippen molar-refractivity contribution in [2.45, 2.75) is 44.9 Å². The SMILES string of the molecule is C=CCN1C(=O)CC2[C@@H]3CCc4cc(O)ccc4C3CC[C@]2(C)C1=O. The molecule has 4 nitrogen and oxygen atoms in total. The van der Waals surface area contributed by atoms with E-state index in [1.54, 1.807) is 12.1 Å². The number of piperidine rings is 1. The lowest BCUT2D eigenvalue weighted by Gasteiger charge is -2.54. The van der Waals surface area contributed by atoms with Gasteiger partial charge in [0, 0.05) is 13.0 Å². The van der Waals surface area contributed by atoms with Crippen molar-refractivity contribution in [3.05, 3.63) is 42.0 Å². The summed E-state index contributed by atoms with van der Waals surface area (Å²) >= 11 is 0. The van der Waals surface area contributed by atoms with Crippen LogP contribution < -0.4 is 0 Å². The Balaban J connectivity index is 1.69. The molecule has 1 aromatic rings. The normalized spacial score (nSPS) is 34.1. The lowest BCUT2D eigenvalue weighted by molar-refractivity contribution is -0.166. The molecule has 2 unspecified atom stereocenters. The summed E-state index contributed by atoms with van der Waals surface area (Å²) in [5, 5.41) is 9.76. The van der Waals surface area contributed by atoms with Gasteiger partial charge in [-0.05, 0) is 66.7 Å². The lowest BCUT2D eigenvalue weighted by atomic mass is 9.52. The average molecular weight is 339 g/mol. The Morgan fingerprint density at radius 1 is 1.36 bits per heavy atom. The molecule has 4 atom stereocenters. The number of rotatable bonds is 2. The highest BCUT2D eigenvalue weighted by Crippen LogP contribution is 2.58. The third-order valence-corrected chi connectivity index (χ3v) is 6.84. The van der Waals surface area contributed by atoms with Crippen molar-refractivity contribution >= 4 is 11.8 Å². The number of likely N-dealkylation sites (tertiary alicyclic amines) is 1. The predicted octanol–water partition coefficient (Wildman–Crippen LogP) is 3.40. The second kappa shape index (κ2) is 5.72. The third kappa shape index (κ3) is 2.34. The number of aryl methyl sites for hydroxylation is 1. The number of benzene rings is 1. The Kier molecular flexibility index (Phi) is 3.75. The summed E-state index contributed by atoms with van der Waals surface area (Å²) in [7, 11) is 0. The van der Waals surface area contributed by atoms with E-state index in [4.69, 9.17) is 0 Å². The predicted molar refractivity (Wildman–Crippen MR) is 95.0 cm³/mol. The van der Waals surface area contributed by atoms with Gasteiger partial charge >= 0.3 is 0 Å². The number of phenolic OH excluding ortho intramolecular Hbond substituents is 1. The number of nitrogens with zero attached hydrogens (tertiary/aromatic N) is 1. The Morgan fingerprint density at radius 2 is 2.16 bits per heavy atom. The van der Waals surface area contributed by atoms with Crippen LogP contribution in [0, 0.1) is 17.3 Å². The summed E-state index contributed by atoms with van der Waals surface area (Å²) < 4.78 is 0. The minimum atomic E-state index is -0.438. The first-order valence-corrected chi connectivity index (χ1v) is 9.23. The van der Waals surface area contributed by atoms with Crippen LogP contribution in [0.5, 0.6) is 5.75 Å². The molecule has 3 aliphatic rings. The molecule has 1 N–H and O–H groups in total. The molecular weight excluding hydrogens is 314 g/mol. The highest BCUT2D eigenvalue weighted by molar-refractivity contribution is 6.01. The summed E-state index contributed by atoms with van der Waals surface area (Å²) in [4.78, 5) is 27.1. The second-order valence-electron chi connectivity index (χ2n) is 8.06. The molecule has 1 saturated carbocycles. The zero-order valence-corrected chi connectivity index (χ0v) is 14.7. The Hall–Kier alpha value is -2.10. The van der Waals surface area contributed by atoms with Crippen LogP contribution in [0.25, 0.3) is 0 Å². The monoisotopic (exact) mass is 339 g/mol. The lowest BCUT2D eigenvalue weighted by Crippen LogP contribution is -2.59. The Labute approximate surface area is 148 Å². The fourth-order valence-corrected chi connectivity index (χ4v) is 5.56. The molecule has 132 valence electrons. The number of phenols is 1. The average Bonchev–Trinajstić information content (AvgIpc) is 2.59. The summed E-state index contributed by atoms with van der Waals surface area (Å²) in [6.45, 7) is 6.06. The minimum Gasteiger partial charge on any atom is -0.508 e. The number of imide groups is 1. The zero-order valence-electron chi connectivity index (χ0n) is 14.7. The van der Waals surface area contributed by atoms with Gasteiger partial charge in [-0.1, -0.05) is 19.1 Å². The molecule has 0 bridgehead atoms. The van der Waals surface area contributed by atoms with Gasteiger partial charge in [0.1, 0.15) is 5.75 Å². The number of hydrogen-bond donors (Lipinski definition) is 1. The van der Waals surface area contributed by atoms with Gasteiger partial charge in [0.25, 0.3) is 0 Å². The van der Waals surface area contributed by atoms with Gasteiger partial charge in [0.15, 0.2) is 0 Å². The molecule has 0 spiro atoms. The van der Waals surface area contributed by atoms with Crippen molar-refractivity contribution < 1.29 is 14.7 Å². The second-order valence-corrected chi connectivity index (χ2v) is 8.06. The number of fused-ring (bicyclic) bond motifs is 5. The van der Waals surface area contributed by atoms with Crippen molar-refractivity contribution in [2.75, 3.05) is 6.54 Å². The first-order chi connectivity index (χ1) is 12.0. The van der Waals surface area contributed by atoms with Crippen LogP contribution in [-0.2, 0) is 16.0 Å². The van der Waals surface area contributed by atoms with E-state index in [-0.39, 0.29) is 17.7 Å². The molecule has 2 amide bonds. The van der Waals surface area contributed by atoms with Crippen molar-refractivity contribution in [3.63, 3.8) is 0 Å². The summed E-state index contributed by atoms with van der Waals surface area (Å²) in [5.41, 5.74) is 2.10. The van der Waals surface area contributed by atoms with Crippen LogP contribution in [0.3, 0.4) is 0 Å². The van der Waals surface area contributed by atoms with Gasteiger partial charge in [0.05, 0.1) is 5.41 Å². The molecule has 1 aliphatic heterocycles. The van der Waals surface area contributed by atoms with Crippen molar-refractivity contribution in [1.82, 2.24) is 4.90 Å². The van der Waals surface area contributed by atoms with Gasteiger partial charge in [-0.2, -0.15) is 0 Å². The van der Waals surface area contributed by atoms with Gasteiger partial charge in [0.2, 0.25) is 11.8 Å². The standard InChI is InChI=1S/C21H25NO3/c1-3-10-22-19(24)12-18-17-6-4-13-11-14(23)5-7-15(13)16(17)8-9-21(18,2)20(22)25/h3,5,7,11,16-18,23H,1,4,6,8-10,12H2,2H3/t16?,17-,18?,21+/m1/s1. The van der Waals surface area contributed by atoms with Gasteiger partial charge in [-0.25, -0.2) is 0 Å². The van der Waals surface area contributed by atoms with E-state index in [0.29, 0.717) is 30.6 Å². The van der Waals surface area contributed by atoms with Crippen molar-refractivity contribution in [2.24, 2.45) is 17.3 Å². The summed E-state index contributed by atoms with van der Waals surface area (Å²) in [6.07, 6.45) is 5.79. The number of carbonyl (C=O) groups is 2. The number of aromatic hydroxyl groups is 1. The molecular formula is C21H25NO3. The topological polar surface area (TPSA) is 57.6 Å².